The van der Waals surface area contributed by atoms with Crippen LogP contribution in [0.4, 0.5) is 0 Å². The molecule has 0 radical (unpaired) electrons. The van der Waals surface area contributed by atoms with Gasteiger partial charge in [-0.15, -0.1) is 11.3 Å². The SMILES string of the molecule is COC(=O)C(CC(C)C)NC(=O)c1cn(-c2ccccc2)nc1-c1cccs1. The van der Waals surface area contributed by atoms with Crippen molar-refractivity contribution in [3.8, 4) is 16.3 Å². The minimum atomic E-state index is -0.700. The number of methoxy groups -OCH3 is 1. The first kappa shape index (κ1) is 19.8. The lowest BCUT2D eigenvalue weighted by atomic mass is 10.0. The number of hydrogen-bond acceptors (Lipinski definition) is 5. The molecule has 2 aromatic heterocycles. The molecule has 1 atom stereocenters. The van der Waals surface area contributed by atoms with Gasteiger partial charge in [-0.2, -0.15) is 5.10 Å². The van der Waals surface area contributed by atoms with Crippen molar-refractivity contribution in [2.24, 2.45) is 5.92 Å². The van der Waals surface area contributed by atoms with Gasteiger partial charge in [0.15, 0.2) is 0 Å². The summed E-state index contributed by atoms with van der Waals surface area (Å²) in [6.07, 6.45) is 2.20. The number of amides is 1. The molecule has 0 fully saturated rings. The van der Waals surface area contributed by atoms with E-state index < -0.39 is 12.0 Å². The van der Waals surface area contributed by atoms with E-state index in [2.05, 4.69) is 10.4 Å². The number of nitrogens with zero attached hydrogens (tertiary/aromatic N) is 2. The molecule has 0 aliphatic heterocycles. The number of carbonyl (C=O) groups excluding carboxylic acids is 2. The molecule has 0 saturated carbocycles. The number of hydrogen-bond donors (Lipinski definition) is 1. The van der Waals surface area contributed by atoms with Gasteiger partial charge in [-0.3, -0.25) is 4.79 Å². The maximum Gasteiger partial charge on any atom is 0.328 e. The molecule has 3 aromatic rings. The summed E-state index contributed by atoms with van der Waals surface area (Å²) >= 11 is 1.51. The molecule has 1 aromatic carbocycles. The Morgan fingerprint density at radius 3 is 2.54 bits per heavy atom. The third kappa shape index (κ3) is 4.48. The summed E-state index contributed by atoms with van der Waals surface area (Å²) < 4.78 is 6.53. The minimum Gasteiger partial charge on any atom is -0.467 e. The second kappa shape index (κ2) is 8.84. The van der Waals surface area contributed by atoms with Gasteiger partial charge >= 0.3 is 5.97 Å². The maximum atomic E-state index is 13.1. The highest BCUT2D eigenvalue weighted by atomic mass is 32.1. The number of para-hydroxylation sites is 1. The Kier molecular flexibility index (Phi) is 6.26. The number of rotatable bonds is 7. The summed E-state index contributed by atoms with van der Waals surface area (Å²) in [6, 6.07) is 12.7. The zero-order valence-corrected chi connectivity index (χ0v) is 16.9. The third-order valence-electron chi connectivity index (χ3n) is 4.23. The lowest BCUT2D eigenvalue weighted by Gasteiger charge is -2.18. The van der Waals surface area contributed by atoms with Crippen molar-refractivity contribution in [1.29, 1.82) is 0 Å². The first-order valence-corrected chi connectivity index (χ1v) is 9.95. The molecular formula is C21H23N3O3S. The number of nitrogens with one attached hydrogen (secondary N) is 1. The summed E-state index contributed by atoms with van der Waals surface area (Å²) in [5, 5.41) is 9.39. The zero-order valence-electron chi connectivity index (χ0n) is 16.1. The molecule has 146 valence electrons. The number of aromatic nitrogens is 2. The van der Waals surface area contributed by atoms with Crippen LogP contribution in [0.25, 0.3) is 16.3 Å². The molecule has 1 unspecified atom stereocenters. The zero-order chi connectivity index (χ0) is 20.1. The smallest absolute Gasteiger partial charge is 0.328 e. The lowest BCUT2D eigenvalue weighted by molar-refractivity contribution is -0.143. The molecule has 3 rings (SSSR count). The van der Waals surface area contributed by atoms with Gasteiger partial charge in [0.05, 0.1) is 23.2 Å². The van der Waals surface area contributed by atoms with Crippen LogP contribution in [0, 0.1) is 5.92 Å². The summed E-state index contributed by atoms with van der Waals surface area (Å²) in [4.78, 5) is 26.0. The van der Waals surface area contributed by atoms with Crippen LogP contribution in [0.3, 0.4) is 0 Å². The molecule has 6 nitrogen and oxygen atoms in total. The lowest BCUT2D eigenvalue weighted by Crippen LogP contribution is -2.42. The fourth-order valence-corrected chi connectivity index (χ4v) is 3.64. The van der Waals surface area contributed by atoms with Crippen molar-refractivity contribution < 1.29 is 14.3 Å². The van der Waals surface area contributed by atoms with Crippen molar-refractivity contribution in [3.63, 3.8) is 0 Å². The molecule has 1 N–H and O–H groups in total. The van der Waals surface area contributed by atoms with E-state index >= 15 is 0 Å². The number of benzene rings is 1. The molecule has 0 aliphatic rings. The first-order chi connectivity index (χ1) is 13.5. The molecule has 0 saturated heterocycles. The Labute approximate surface area is 168 Å². The second-order valence-electron chi connectivity index (χ2n) is 6.83. The largest absolute Gasteiger partial charge is 0.467 e. The maximum absolute atomic E-state index is 13.1. The number of ether oxygens (including phenoxy) is 1. The quantitative estimate of drug-likeness (QED) is 0.613. The van der Waals surface area contributed by atoms with Crippen molar-refractivity contribution >= 4 is 23.2 Å². The van der Waals surface area contributed by atoms with Crippen LogP contribution < -0.4 is 5.32 Å². The molecule has 2 heterocycles. The predicted octanol–water partition coefficient (Wildman–Crippen LogP) is 3.92. The van der Waals surface area contributed by atoms with Crippen molar-refractivity contribution in [2.45, 2.75) is 26.3 Å². The highest BCUT2D eigenvalue weighted by molar-refractivity contribution is 7.13. The average molecular weight is 398 g/mol. The molecule has 28 heavy (non-hydrogen) atoms. The van der Waals surface area contributed by atoms with Crippen LogP contribution in [0.15, 0.2) is 54.0 Å². The normalized spacial score (nSPS) is 12.0. The minimum absolute atomic E-state index is 0.230. The van der Waals surface area contributed by atoms with Crippen LogP contribution in [-0.2, 0) is 9.53 Å². The summed E-state index contributed by atoms with van der Waals surface area (Å²) in [7, 11) is 1.33. The van der Waals surface area contributed by atoms with E-state index in [4.69, 9.17) is 4.74 Å². The Morgan fingerprint density at radius 1 is 1.18 bits per heavy atom. The van der Waals surface area contributed by atoms with Crippen molar-refractivity contribution in [3.05, 3.63) is 59.6 Å². The fourth-order valence-electron chi connectivity index (χ4n) is 2.91. The van der Waals surface area contributed by atoms with Crippen LogP contribution in [0.5, 0.6) is 0 Å². The van der Waals surface area contributed by atoms with Gasteiger partial charge in [-0.1, -0.05) is 38.1 Å². The van der Waals surface area contributed by atoms with Crippen LogP contribution in [0.2, 0.25) is 0 Å². The molecule has 0 bridgehead atoms. The second-order valence-corrected chi connectivity index (χ2v) is 7.78. The van der Waals surface area contributed by atoms with E-state index in [0.717, 1.165) is 10.6 Å². The van der Waals surface area contributed by atoms with Gasteiger partial charge in [0, 0.05) is 6.20 Å². The molecule has 0 aliphatic carbocycles. The first-order valence-electron chi connectivity index (χ1n) is 9.07. The number of carbonyl (C=O) groups is 2. The van der Waals surface area contributed by atoms with E-state index in [1.807, 2.05) is 61.7 Å². The highest BCUT2D eigenvalue weighted by Crippen LogP contribution is 2.28. The van der Waals surface area contributed by atoms with E-state index in [1.165, 1.54) is 18.4 Å². The van der Waals surface area contributed by atoms with E-state index in [-0.39, 0.29) is 11.8 Å². The van der Waals surface area contributed by atoms with Crippen molar-refractivity contribution in [2.75, 3.05) is 7.11 Å². The summed E-state index contributed by atoms with van der Waals surface area (Å²) in [5.41, 5.74) is 1.86. The Bertz CT molecular complexity index is 933. The molecule has 1 amide bonds. The van der Waals surface area contributed by atoms with Gasteiger partial charge in [0.25, 0.3) is 5.91 Å². The van der Waals surface area contributed by atoms with E-state index in [0.29, 0.717) is 17.7 Å². The van der Waals surface area contributed by atoms with Crippen LogP contribution in [-0.4, -0.2) is 34.8 Å². The van der Waals surface area contributed by atoms with Crippen LogP contribution in [0.1, 0.15) is 30.6 Å². The van der Waals surface area contributed by atoms with Gasteiger partial charge in [-0.05, 0) is 35.9 Å². The third-order valence-corrected chi connectivity index (χ3v) is 5.11. The Morgan fingerprint density at radius 2 is 1.93 bits per heavy atom. The van der Waals surface area contributed by atoms with Gasteiger partial charge in [0.2, 0.25) is 0 Å². The van der Waals surface area contributed by atoms with Crippen molar-refractivity contribution in [1.82, 2.24) is 15.1 Å². The van der Waals surface area contributed by atoms with Gasteiger partial charge in [-0.25, -0.2) is 9.48 Å². The monoisotopic (exact) mass is 397 g/mol. The number of esters is 1. The summed E-state index contributed by atoms with van der Waals surface area (Å²) in [6.45, 7) is 3.99. The average Bonchev–Trinajstić information content (AvgIpc) is 3.36. The summed E-state index contributed by atoms with van der Waals surface area (Å²) in [5.74, 6) is -0.565. The van der Waals surface area contributed by atoms with E-state index in [1.54, 1.807) is 10.9 Å². The number of thiophene rings is 1. The van der Waals surface area contributed by atoms with Gasteiger partial charge < -0.3 is 10.1 Å². The highest BCUT2D eigenvalue weighted by Gasteiger charge is 2.26. The topological polar surface area (TPSA) is 73.2 Å². The predicted molar refractivity (Wildman–Crippen MR) is 110 cm³/mol. The fraction of sp³-hybridized carbons (Fsp3) is 0.286. The molecular weight excluding hydrogens is 374 g/mol. The molecule has 0 spiro atoms. The standard InChI is InChI=1S/C21H23N3O3S/c1-14(2)12-17(21(26)27-3)22-20(25)16-13-24(15-8-5-4-6-9-15)23-19(16)18-10-7-11-28-18/h4-11,13-14,17H,12H2,1-3H3,(H,22,25). The Hall–Kier alpha value is -2.93. The van der Waals surface area contributed by atoms with Gasteiger partial charge in [0.1, 0.15) is 11.7 Å². The molecule has 7 heteroatoms. The Balaban J connectivity index is 1.96. The van der Waals surface area contributed by atoms with E-state index in [9.17, 15) is 9.59 Å². The van der Waals surface area contributed by atoms with Crippen LogP contribution >= 0.6 is 11.3 Å².